The van der Waals surface area contributed by atoms with Crippen molar-refractivity contribution in [1.82, 2.24) is 19.4 Å². The topological polar surface area (TPSA) is 34.0 Å². The van der Waals surface area contributed by atoms with Gasteiger partial charge in [0.25, 0.3) is 0 Å². The molecular weight excluding hydrogens is 425 g/mol. The first kappa shape index (κ1) is 21.4. The number of benzene rings is 2. The lowest BCUT2D eigenvalue weighted by molar-refractivity contribution is -0.137. The van der Waals surface area contributed by atoms with Crippen molar-refractivity contribution in [2.24, 2.45) is 0 Å². The van der Waals surface area contributed by atoms with Crippen LogP contribution in [0, 0.1) is 0 Å². The molecule has 0 bridgehead atoms. The molecule has 0 N–H and O–H groups in total. The summed E-state index contributed by atoms with van der Waals surface area (Å²) in [7, 11) is 0. The number of para-hydroxylation sites is 1. The van der Waals surface area contributed by atoms with Crippen molar-refractivity contribution in [2.75, 3.05) is 6.54 Å². The molecule has 33 heavy (non-hydrogen) atoms. The molecule has 1 aliphatic rings. The summed E-state index contributed by atoms with van der Waals surface area (Å²) in [6.07, 6.45) is 2.33. The van der Waals surface area contributed by atoms with Gasteiger partial charge in [0.05, 0.1) is 11.3 Å². The van der Waals surface area contributed by atoms with Crippen LogP contribution in [0.1, 0.15) is 22.4 Å². The van der Waals surface area contributed by atoms with Crippen molar-refractivity contribution in [1.29, 1.82) is 0 Å². The molecule has 2 aromatic heterocycles. The molecule has 168 valence electrons. The highest BCUT2D eigenvalue weighted by molar-refractivity contribution is 5.84. The predicted octanol–water partition coefficient (Wildman–Crippen LogP) is 5.86. The Morgan fingerprint density at radius 3 is 2.61 bits per heavy atom. The smallest absolute Gasteiger partial charge is 0.343 e. The maximum atomic E-state index is 12.8. The Morgan fingerprint density at radius 1 is 1.06 bits per heavy atom. The van der Waals surface area contributed by atoms with Gasteiger partial charge in [-0.05, 0) is 23.8 Å². The summed E-state index contributed by atoms with van der Waals surface area (Å²) in [6.45, 7) is 7.05. The molecule has 0 unspecified atom stereocenters. The first-order valence-corrected chi connectivity index (χ1v) is 10.8. The molecule has 0 aliphatic carbocycles. The van der Waals surface area contributed by atoms with Crippen LogP contribution in [-0.4, -0.2) is 26.0 Å². The molecule has 0 spiro atoms. The van der Waals surface area contributed by atoms with E-state index in [4.69, 9.17) is 0 Å². The Morgan fingerprint density at radius 2 is 1.85 bits per heavy atom. The van der Waals surface area contributed by atoms with Crippen LogP contribution >= 0.6 is 0 Å². The Labute approximate surface area is 190 Å². The quantitative estimate of drug-likeness (QED) is 0.359. The fraction of sp³-hybridized carbons (Fsp3) is 0.231. The van der Waals surface area contributed by atoms with Gasteiger partial charge in [0.15, 0.2) is 5.82 Å². The molecule has 0 saturated heterocycles. The van der Waals surface area contributed by atoms with E-state index in [2.05, 4.69) is 56.5 Å². The molecule has 3 heterocycles. The van der Waals surface area contributed by atoms with Gasteiger partial charge in [0.1, 0.15) is 0 Å². The molecule has 0 atom stereocenters. The first-order valence-electron chi connectivity index (χ1n) is 10.8. The Hall–Kier alpha value is -3.45. The normalized spacial score (nSPS) is 14.4. The van der Waals surface area contributed by atoms with Crippen molar-refractivity contribution in [3.8, 4) is 11.4 Å². The van der Waals surface area contributed by atoms with E-state index in [0.29, 0.717) is 11.4 Å². The predicted molar refractivity (Wildman–Crippen MR) is 122 cm³/mol. The molecule has 4 aromatic rings. The largest absolute Gasteiger partial charge is 0.416 e. The molecule has 0 radical (unpaired) electrons. The third kappa shape index (κ3) is 4.28. The standard InChI is InChI=1S/C26H23F3N4/c1-2-12-33-17-20(22-5-3-4-6-24(22)33)16-32-13-11-23-19(15-32)14-30-25(31-23)18-7-9-21(10-8-18)26(27,28)29/h2-10,14,17H,1,11-13,15-16H2. The van der Waals surface area contributed by atoms with Gasteiger partial charge >= 0.3 is 6.18 Å². The van der Waals surface area contributed by atoms with E-state index >= 15 is 0 Å². The number of allylic oxidation sites excluding steroid dienone is 1. The fourth-order valence-corrected chi connectivity index (χ4v) is 4.44. The van der Waals surface area contributed by atoms with Gasteiger partial charge in [-0.2, -0.15) is 13.2 Å². The molecule has 0 amide bonds. The van der Waals surface area contributed by atoms with Crippen molar-refractivity contribution in [3.63, 3.8) is 0 Å². The summed E-state index contributed by atoms with van der Waals surface area (Å²) in [5.41, 5.74) is 4.42. The zero-order chi connectivity index (χ0) is 23.0. The molecule has 2 aromatic carbocycles. The monoisotopic (exact) mass is 448 g/mol. The maximum absolute atomic E-state index is 12.8. The van der Waals surface area contributed by atoms with Gasteiger partial charge in [-0.1, -0.05) is 36.4 Å². The van der Waals surface area contributed by atoms with Crippen molar-refractivity contribution in [3.05, 3.63) is 96.0 Å². The third-order valence-electron chi connectivity index (χ3n) is 6.07. The van der Waals surface area contributed by atoms with E-state index in [-0.39, 0.29) is 0 Å². The van der Waals surface area contributed by atoms with Gasteiger partial charge < -0.3 is 4.57 Å². The molecule has 0 fully saturated rings. The molecule has 1 aliphatic heterocycles. The first-order chi connectivity index (χ1) is 15.9. The molecule has 7 heteroatoms. The minimum atomic E-state index is -4.35. The number of rotatable bonds is 5. The maximum Gasteiger partial charge on any atom is 0.416 e. The van der Waals surface area contributed by atoms with E-state index in [1.807, 2.05) is 12.3 Å². The van der Waals surface area contributed by atoms with Crippen molar-refractivity contribution in [2.45, 2.75) is 32.2 Å². The van der Waals surface area contributed by atoms with Crippen LogP contribution in [0.4, 0.5) is 13.2 Å². The minimum absolute atomic E-state index is 0.461. The van der Waals surface area contributed by atoms with Gasteiger partial charge in [-0.25, -0.2) is 9.97 Å². The highest BCUT2D eigenvalue weighted by Crippen LogP contribution is 2.31. The van der Waals surface area contributed by atoms with Crippen molar-refractivity contribution >= 4 is 10.9 Å². The van der Waals surface area contributed by atoms with E-state index in [1.165, 1.54) is 28.6 Å². The molecule has 0 saturated carbocycles. The molecule has 4 nitrogen and oxygen atoms in total. The number of fused-ring (bicyclic) bond motifs is 2. The number of alkyl halides is 3. The molecular formula is C26H23F3N4. The van der Waals surface area contributed by atoms with Crippen LogP contribution in [0.15, 0.2) is 73.6 Å². The third-order valence-corrected chi connectivity index (χ3v) is 6.07. The number of nitrogens with zero attached hydrogens (tertiary/aromatic N) is 4. The Kier molecular flexibility index (Phi) is 5.50. The Balaban J connectivity index is 1.34. The SMILES string of the molecule is C=CCn1cc(CN2CCc3nc(-c4ccc(C(F)(F)F)cc4)ncc3C2)c2ccccc21. The average molecular weight is 448 g/mol. The highest BCUT2D eigenvalue weighted by Gasteiger charge is 2.30. The van der Waals surface area contributed by atoms with Gasteiger partial charge in [-0.15, -0.1) is 6.58 Å². The van der Waals surface area contributed by atoms with Gasteiger partial charge in [0.2, 0.25) is 0 Å². The lowest BCUT2D eigenvalue weighted by Gasteiger charge is -2.28. The summed E-state index contributed by atoms with van der Waals surface area (Å²) in [4.78, 5) is 11.5. The second-order valence-corrected chi connectivity index (χ2v) is 8.31. The van der Waals surface area contributed by atoms with Crippen LogP contribution in [0.3, 0.4) is 0 Å². The van der Waals surface area contributed by atoms with E-state index in [0.717, 1.165) is 56.0 Å². The Bertz CT molecular complexity index is 1310. The zero-order valence-electron chi connectivity index (χ0n) is 18.0. The summed E-state index contributed by atoms with van der Waals surface area (Å²) in [6, 6.07) is 13.4. The van der Waals surface area contributed by atoms with Gasteiger partial charge in [0, 0.05) is 67.0 Å². The van der Waals surface area contributed by atoms with E-state index < -0.39 is 11.7 Å². The van der Waals surface area contributed by atoms with Crippen LogP contribution < -0.4 is 0 Å². The molecule has 5 rings (SSSR count). The minimum Gasteiger partial charge on any atom is -0.343 e. The summed E-state index contributed by atoms with van der Waals surface area (Å²) < 4.78 is 40.7. The lowest BCUT2D eigenvalue weighted by Crippen LogP contribution is -2.30. The fourth-order valence-electron chi connectivity index (χ4n) is 4.44. The van der Waals surface area contributed by atoms with Crippen LogP contribution in [0.25, 0.3) is 22.3 Å². The number of aromatic nitrogens is 3. The van der Waals surface area contributed by atoms with Crippen LogP contribution in [0.5, 0.6) is 0 Å². The van der Waals surface area contributed by atoms with Crippen LogP contribution in [-0.2, 0) is 32.2 Å². The number of hydrogen-bond donors (Lipinski definition) is 0. The van der Waals surface area contributed by atoms with E-state index in [1.54, 1.807) is 0 Å². The number of halogens is 3. The average Bonchev–Trinajstić information content (AvgIpc) is 3.16. The zero-order valence-corrected chi connectivity index (χ0v) is 18.0. The highest BCUT2D eigenvalue weighted by atomic mass is 19.4. The second kappa shape index (κ2) is 8.48. The second-order valence-electron chi connectivity index (χ2n) is 8.31. The number of hydrogen-bond acceptors (Lipinski definition) is 3. The van der Waals surface area contributed by atoms with Crippen LogP contribution in [0.2, 0.25) is 0 Å². The summed E-state index contributed by atoms with van der Waals surface area (Å²) >= 11 is 0. The van der Waals surface area contributed by atoms with Gasteiger partial charge in [-0.3, -0.25) is 4.90 Å². The summed E-state index contributed by atoms with van der Waals surface area (Å²) in [5.74, 6) is 0.461. The van der Waals surface area contributed by atoms with Crippen molar-refractivity contribution < 1.29 is 13.2 Å². The lowest BCUT2D eigenvalue weighted by atomic mass is 10.1. The van der Waals surface area contributed by atoms with E-state index in [9.17, 15) is 13.2 Å². The summed E-state index contributed by atoms with van der Waals surface area (Å²) in [5, 5.41) is 1.25.